The topological polar surface area (TPSA) is 29.1 Å². The molecule has 0 aromatic rings. The first kappa shape index (κ1) is 8.35. The van der Waals surface area contributed by atoms with Crippen molar-refractivity contribution in [3.63, 3.8) is 0 Å². The van der Waals surface area contributed by atoms with Gasteiger partial charge in [0.15, 0.2) is 0 Å². The van der Waals surface area contributed by atoms with Crippen LogP contribution in [0.2, 0.25) is 0 Å². The Bertz CT molecular complexity index is 228. The Balaban J connectivity index is 2.29. The van der Waals surface area contributed by atoms with Gasteiger partial charge in [0.1, 0.15) is 0 Å². The fourth-order valence-electron chi connectivity index (χ4n) is 0.999. The molecule has 1 aliphatic carbocycles. The zero-order chi connectivity index (χ0) is 8.10. The summed E-state index contributed by atoms with van der Waals surface area (Å²) in [5, 5.41) is 2.77. The van der Waals surface area contributed by atoms with Crippen LogP contribution in [-0.4, -0.2) is 11.9 Å². The number of rotatable bonds is 1. The summed E-state index contributed by atoms with van der Waals surface area (Å²) >= 11 is 2.86. The predicted octanol–water partition coefficient (Wildman–Crippen LogP) is 1.18. The first-order valence-corrected chi connectivity index (χ1v) is 4.19. The molecule has 1 amide bonds. The standard InChI is InChI=1S/C8H8BrNO/c9-6-5-8(11)10-7-3-1-2-4-7/h1-2,7H,3-4H2,(H,10,11). The van der Waals surface area contributed by atoms with Crippen molar-refractivity contribution < 1.29 is 4.79 Å². The monoisotopic (exact) mass is 213 g/mol. The van der Waals surface area contributed by atoms with Crippen molar-refractivity contribution in [2.24, 2.45) is 0 Å². The van der Waals surface area contributed by atoms with Crippen molar-refractivity contribution in [2.45, 2.75) is 18.9 Å². The van der Waals surface area contributed by atoms with Gasteiger partial charge < -0.3 is 5.32 Å². The molecule has 0 radical (unpaired) electrons. The van der Waals surface area contributed by atoms with Gasteiger partial charge in [-0.05, 0) is 17.7 Å². The van der Waals surface area contributed by atoms with Crippen molar-refractivity contribution in [1.82, 2.24) is 5.32 Å². The molecule has 0 unspecified atom stereocenters. The molecule has 0 aliphatic heterocycles. The van der Waals surface area contributed by atoms with Gasteiger partial charge >= 0.3 is 0 Å². The average molecular weight is 214 g/mol. The number of nitrogens with one attached hydrogen (secondary N) is 1. The Morgan fingerprint density at radius 1 is 1.55 bits per heavy atom. The molecular weight excluding hydrogens is 206 g/mol. The molecule has 2 nitrogen and oxygen atoms in total. The van der Waals surface area contributed by atoms with Gasteiger partial charge in [-0.15, -0.1) is 0 Å². The van der Waals surface area contributed by atoms with Crippen LogP contribution in [0.3, 0.4) is 0 Å². The maximum atomic E-state index is 10.9. The number of carbonyl (C=O) groups is 1. The molecule has 0 saturated carbocycles. The summed E-state index contributed by atoms with van der Waals surface area (Å²) in [6.45, 7) is 0. The second-order valence-corrected chi connectivity index (χ2v) is 2.73. The molecule has 58 valence electrons. The van der Waals surface area contributed by atoms with E-state index in [1.165, 1.54) is 0 Å². The van der Waals surface area contributed by atoms with Crippen molar-refractivity contribution in [1.29, 1.82) is 0 Å². The van der Waals surface area contributed by atoms with Gasteiger partial charge in [0, 0.05) is 27.9 Å². The highest BCUT2D eigenvalue weighted by molar-refractivity contribution is 9.12. The van der Waals surface area contributed by atoms with Gasteiger partial charge in [-0.25, -0.2) is 0 Å². The normalized spacial score (nSPS) is 15.7. The Morgan fingerprint density at radius 2 is 2.18 bits per heavy atom. The molecular formula is C8H8BrNO. The zero-order valence-corrected chi connectivity index (χ0v) is 7.52. The molecule has 0 aromatic carbocycles. The van der Waals surface area contributed by atoms with Crippen LogP contribution in [-0.2, 0) is 4.79 Å². The summed E-state index contributed by atoms with van der Waals surface area (Å²) < 4.78 is 0. The molecule has 0 saturated heterocycles. The third kappa shape index (κ3) is 2.77. The SMILES string of the molecule is O=C(C#CBr)NC1CC=CC1. The van der Waals surface area contributed by atoms with Crippen LogP contribution in [0.5, 0.6) is 0 Å². The van der Waals surface area contributed by atoms with E-state index in [1.807, 2.05) is 0 Å². The van der Waals surface area contributed by atoms with Crippen LogP contribution >= 0.6 is 15.9 Å². The van der Waals surface area contributed by atoms with E-state index in [4.69, 9.17) is 0 Å². The minimum atomic E-state index is -0.212. The number of hydrogen-bond acceptors (Lipinski definition) is 1. The molecule has 0 atom stereocenters. The lowest BCUT2D eigenvalue weighted by molar-refractivity contribution is -0.116. The number of halogens is 1. The van der Waals surface area contributed by atoms with E-state index in [9.17, 15) is 4.79 Å². The van der Waals surface area contributed by atoms with Gasteiger partial charge in [0.05, 0.1) is 0 Å². The van der Waals surface area contributed by atoms with E-state index in [1.54, 1.807) is 0 Å². The van der Waals surface area contributed by atoms with E-state index >= 15 is 0 Å². The van der Waals surface area contributed by atoms with Crippen molar-refractivity contribution in [3.8, 4) is 10.8 Å². The van der Waals surface area contributed by atoms with E-state index in [2.05, 4.69) is 44.1 Å². The molecule has 0 aromatic heterocycles. The Hall–Kier alpha value is -0.750. The molecule has 11 heavy (non-hydrogen) atoms. The minimum Gasteiger partial charge on any atom is -0.342 e. The van der Waals surface area contributed by atoms with Gasteiger partial charge in [-0.3, -0.25) is 4.79 Å². The van der Waals surface area contributed by atoms with Crippen LogP contribution in [0.15, 0.2) is 12.2 Å². The molecule has 1 N–H and O–H groups in total. The van der Waals surface area contributed by atoms with Crippen LogP contribution in [0.4, 0.5) is 0 Å². The van der Waals surface area contributed by atoms with Crippen LogP contribution in [0, 0.1) is 10.8 Å². The van der Waals surface area contributed by atoms with Crippen molar-refractivity contribution in [2.75, 3.05) is 0 Å². The summed E-state index contributed by atoms with van der Waals surface area (Å²) in [5.74, 6) is 2.15. The fraction of sp³-hybridized carbons (Fsp3) is 0.375. The summed E-state index contributed by atoms with van der Waals surface area (Å²) in [5.41, 5.74) is 0. The van der Waals surface area contributed by atoms with E-state index in [0.717, 1.165) is 12.8 Å². The second kappa shape index (κ2) is 4.20. The van der Waals surface area contributed by atoms with Gasteiger partial charge in [-0.1, -0.05) is 12.2 Å². The minimum absolute atomic E-state index is 0.212. The average Bonchev–Trinajstić information content (AvgIpc) is 2.40. The van der Waals surface area contributed by atoms with E-state index < -0.39 is 0 Å². The lowest BCUT2D eigenvalue weighted by Gasteiger charge is -2.07. The van der Waals surface area contributed by atoms with Crippen LogP contribution in [0.25, 0.3) is 0 Å². The molecule has 1 rings (SSSR count). The summed E-state index contributed by atoms with van der Waals surface area (Å²) in [7, 11) is 0. The second-order valence-electron chi connectivity index (χ2n) is 2.33. The van der Waals surface area contributed by atoms with Crippen LogP contribution < -0.4 is 5.32 Å². The number of carbonyl (C=O) groups excluding carboxylic acids is 1. The van der Waals surface area contributed by atoms with Gasteiger partial charge in [-0.2, -0.15) is 0 Å². The summed E-state index contributed by atoms with van der Waals surface area (Å²) in [4.78, 5) is 13.2. The van der Waals surface area contributed by atoms with Gasteiger partial charge in [0.25, 0.3) is 5.91 Å². The van der Waals surface area contributed by atoms with Crippen molar-refractivity contribution >= 4 is 21.8 Å². The van der Waals surface area contributed by atoms with E-state index in [0.29, 0.717) is 0 Å². The maximum absolute atomic E-state index is 10.9. The first-order chi connectivity index (χ1) is 5.33. The Labute approximate surface area is 74.2 Å². The third-order valence-electron chi connectivity index (χ3n) is 1.50. The van der Waals surface area contributed by atoms with Crippen molar-refractivity contribution in [3.05, 3.63) is 12.2 Å². The highest BCUT2D eigenvalue weighted by atomic mass is 79.9. The summed E-state index contributed by atoms with van der Waals surface area (Å²) in [6, 6.07) is 0.260. The van der Waals surface area contributed by atoms with Crippen LogP contribution in [0.1, 0.15) is 12.8 Å². The Morgan fingerprint density at radius 3 is 2.73 bits per heavy atom. The molecule has 0 fully saturated rings. The quantitative estimate of drug-likeness (QED) is 0.515. The maximum Gasteiger partial charge on any atom is 0.296 e. The van der Waals surface area contributed by atoms with E-state index in [-0.39, 0.29) is 11.9 Å². The molecule has 0 heterocycles. The summed E-state index contributed by atoms with van der Waals surface area (Å²) in [6.07, 6.45) is 5.98. The first-order valence-electron chi connectivity index (χ1n) is 3.40. The fourth-order valence-corrected chi connectivity index (χ4v) is 1.18. The predicted molar refractivity (Wildman–Crippen MR) is 47.0 cm³/mol. The highest BCUT2D eigenvalue weighted by Crippen LogP contribution is 2.08. The lowest BCUT2D eigenvalue weighted by atomic mass is 10.2. The molecule has 0 spiro atoms. The molecule has 3 heteroatoms. The van der Waals surface area contributed by atoms with Gasteiger partial charge in [0.2, 0.25) is 0 Å². The smallest absolute Gasteiger partial charge is 0.296 e. The number of amides is 1. The third-order valence-corrected chi connectivity index (χ3v) is 1.70. The Kier molecular flexibility index (Phi) is 3.18. The largest absolute Gasteiger partial charge is 0.342 e. The molecule has 0 bridgehead atoms. The molecule has 1 aliphatic rings. The number of hydrogen-bond donors (Lipinski definition) is 1. The highest BCUT2D eigenvalue weighted by Gasteiger charge is 2.10. The lowest BCUT2D eigenvalue weighted by Crippen LogP contribution is -2.31. The zero-order valence-electron chi connectivity index (χ0n) is 5.93.